The van der Waals surface area contributed by atoms with Gasteiger partial charge in [-0.1, -0.05) is 33.3 Å². The first-order chi connectivity index (χ1) is 18.2. The fourth-order valence-electron chi connectivity index (χ4n) is 12.2. The topological polar surface area (TPSA) is 81.9 Å². The summed E-state index contributed by atoms with van der Waals surface area (Å²) in [7, 11) is 3.41. The number of hydrogen-bond donors (Lipinski definition) is 1. The molecule has 5 saturated carbocycles. The van der Waals surface area contributed by atoms with Gasteiger partial charge in [-0.15, -0.1) is 6.58 Å². The molecule has 220 valence electrons. The van der Waals surface area contributed by atoms with Gasteiger partial charge >= 0.3 is 6.09 Å². The monoisotopic (exact) mass is 542 g/mol. The van der Waals surface area contributed by atoms with Crippen LogP contribution < -0.4 is 5.73 Å². The van der Waals surface area contributed by atoms with Crippen LogP contribution in [0.5, 0.6) is 0 Å². The zero-order valence-corrected chi connectivity index (χ0v) is 25.7. The Labute approximate surface area is 236 Å². The SMILES string of the molecule is C=C(C)C[C@@H]1CC[C@]2(C(=O)N(C)OC)CCC3[C@H](CCC4[C@@]3(C)CCC3C(C)(C)[C@@H](OC(N)=O)CC[C@@]34C)C12. The van der Waals surface area contributed by atoms with Crippen molar-refractivity contribution in [3.63, 3.8) is 0 Å². The molecular formula is C33H54N2O4. The van der Waals surface area contributed by atoms with E-state index >= 15 is 0 Å². The molecule has 0 aliphatic heterocycles. The second-order valence-corrected chi connectivity index (χ2v) is 15.5. The number of ether oxygens (including phenoxy) is 1. The first-order valence-corrected chi connectivity index (χ1v) is 15.6. The van der Waals surface area contributed by atoms with Crippen LogP contribution in [0.15, 0.2) is 12.2 Å². The first kappa shape index (κ1) is 29.0. The third-order valence-electron chi connectivity index (χ3n) is 13.5. The third kappa shape index (κ3) is 4.20. The van der Waals surface area contributed by atoms with E-state index in [0.29, 0.717) is 35.5 Å². The standard InChI is InChI=1S/C33H54N2O4/c1-20(2)19-21-11-17-33(28(36)35(7)38-8)18-12-23-22(27(21)33)9-10-25-31(23,5)15-13-24-30(3,4)26(39-29(34)37)14-16-32(24,25)6/h21-27H,1,9-19H2,2-8H3,(H2,34,37)/t21-,22-,23?,24?,25?,26-,27?,31-,32-,33-/m0/s1. The summed E-state index contributed by atoms with van der Waals surface area (Å²) in [5, 5.41) is 1.52. The molecule has 0 aromatic carbocycles. The molecule has 0 bridgehead atoms. The Morgan fingerprint density at radius 2 is 1.59 bits per heavy atom. The zero-order valence-electron chi connectivity index (χ0n) is 25.7. The highest BCUT2D eigenvalue weighted by atomic mass is 16.7. The Morgan fingerprint density at radius 3 is 2.23 bits per heavy atom. The van der Waals surface area contributed by atoms with E-state index in [1.807, 2.05) is 0 Å². The van der Waals surface area contributed by atoms with Crippen LogP contribution in [0.1, 0.15) is 105 Å². The quantitative estimate of drug-likeness (QED) is 0.296. The van der Waals surface area contributed by atoms with Gasteiger partial charge in [0.2, 0.25) is 0 Å². The van der Waals surface area contributed by atoms with Crippen molar-refractivity contribution >= 4 is 12.0 Å². The summed E-state index contributed by atoms with van der Waals surface area (Å²) in [6.07, 6.45) is 11.4. The van der Waals surface area contributed by atoms with Gasteiger partial charge < -0.3 is 10.5 Å². The van der Waals surface area contributed by atoms with E-state index in [0.717, 1.165) is 44.9 Å². The lowest BCUT2D eigenvalue weighted by Crippen LogP contribution is -2.64. The molecule has 2 amide bonds. The van der Waals surface area contributed by atoms with Gasteiger partial charge in [0, 0.05) is 12.5 Å². The van der Waals surface area contributed by atoms with Crippen LogP contribution in [-0.4, -0.2) is 37.3 Å². The summed E-state index contributed by atoms with van der Waals surface area (Å²) in [5.41, 5.74) is 6.86. The maximum Gasteiger partial charge on any atom is 0.404 e. The predicted molar refractivity (Wildman–Crippen MR) is 153 cm³/mol. The van der Waals surface area contributed by atoms with Crippen molar-refractivity contribution in [2.45, 2.75) is 111 Å². The average molecular weight is 543 g/mol. The molecule has 5 aliphatic carbocycles. The Balaban J connectivity index is 1.47. The van der Waals surface area contributed by atoms with Crippen molar-refractivity contribution in [2.24, 2.45) is 62.9 Å². The van der Waals surface area contributed by atoms with E-state index in [1.165, 1.54) is 36.3 Å². The Kier molecular flexibility index (Phi) is 7.25. The number of allylic oxidation sites excluding steroid dienone is 1. The van der Waals surface area contributed by atoms with Gasteiger partial charge in [0.05, 0.1) is 12.5 Å². The number of nitrogens with two attached hydrogens (primary N) is 1. The van der Waals surface area contributed by atoms with Crippen molar-refractivity contribution < 1.29 is 19.2 Å². The maximum absolute atomic E-state index is 14.0. The van der Waals surface area contributed by atoms with Crippen LogP contribution in [0.4, 0.5) is 4.79 Å². The number of fused-ring (bicyclic) bond motifs is 7. The van der Waals surface area contributed by atoms with Crippen molar-refractivity contribution in [2.75, 3.05) is 14.2 Å². The number of hydrogen-bond acceptors (Lipinski definition) is 4. The van der Waals surface area contributed by atoms with E-state index in [2.05, 4.69) is 41.2 Å². The normalized spacial score (nSPS) is 46.2. The molecule has 0 saturated heterocycles. The molecule has 6 nitrogen and oxygen atoms in total. The van der Waals surface area contributed by atoms with Crippen LogP contribution in [0, 0.1) is 57.2 Å². The van der Waals surface area contributed by atoms with E-state index < -0.39 is 6.09 Å². The molecule has 5 aliphatic rings. The van der Waals surface area contributed by atoms with Crippen LogP contribution in [0.25, 0.3) is 0 Å². The molecule has 0 radical (unpaired) electrons. The third-order valence-corrected chi connectivity index (χ3v) is 13.5. The second kappa shape index (κ2) is 9.77. The lowest BCUT2D eigenvalue weighted by Gasteiger charge is -2.69. The lowest BCUT2D eigenvalue weighted by atomic mass is 9.36. The summed E-state index contributed by atoms with van der Waals surface area (Å²) in [5.74, 6) is 3.57. The molecule has 5 rings (SSSR count). The van der Waals surface area contributed by atoms with Crippen LogP contribution in [-0.2, 0) is 14.4 Å². The van der Waals surface area contributed by atoms with Crippen LogP contribution in [0.2, 0.25) is 0 Å². The molecule has 0 spiro atoms. The van der Waals surface area contributed by atoms with Gasteiger partial charge in [-0.3, -0.25) is 9.63 Å². The second-order valence-electron chi connectivity index (χ2n) is 15.5. The molecule has 0 aromatic heterocycles. The van der Waals surface area contributed by atoms with Gasteiger partial charge in [0.15, 0.2) is 0 Å². The average Bonchev–Trinajstić information content (AvgIpc) is 3.23. The minimum absolute atomic E-state index is 0.0862. The highest BCUT2D eigenvalue weighted by Crippen LogP contribution is 2.74. The molecule has 4 unspecified atom stereocenters. The zero-order chi connectivity index (χ0) is 28.5. The Morgan fingerprint density at radius 1 is 0.923 bits per heavy atom. The predicted octanol–water partition coefficient (Wildman–Crippen LogP) is 7.13. The maximum atomic E-state index is 14.0. The number of carbonyl (C=O) groups is 2. The lowest BCUT2D eigenvalue weighted by molar-refractivity contribution is -0.222. The van der Waals surface area contributed by atoms with Crippen LogP contribution in [0.3, 0.4) is 0 Å². The van der Waals surface area contributed by atoms with Gasteiger partial charge in [-0.05, 0) is 124 Å². The van der Waals surface area contributed by atoms with E-state index in [1.54, 1.807) is 14.2 Å². The van der Waals surface area contributed by atoms with Crippen molar-refractivity contribution in [3.05, 3.63) is 12.2 Å². The fraction of sp³-hybridized carbons (Fsp3) is 0.879. The molecule has 5 fully saturated rings. The van der Waals surface area contributed by atoms with E-state index in [4.69, 9.17) is 15.3 Å². The molecule has 39 heavy (non-hydrogen) atoms. The fourth-order valence-corrected chi connectivity index (χ4v) is 12.2. The number of rotatable bonds is 5. The minimum Gasteiger partial charge on any atom is -0.446 e. The summed E-state index contributed by atoms with van der Waals surface area (Å²) >= 11 is 0. The summed E-state index contributed by atoms with van der Waals surface area (Å²) in [6.45, 7) is 16.2. The Hall–Kier alpha value is -1.56. The summed E-state index contributed by atoms with van der Waals surface area (Å²) in [4.78, 5) is 31.1. The molecule has 0 aromatic rings. The number of hydroxylamine groups is 2. The van der Waals surface area contributed by atoms with Gasteiger partial charge in [0.25, 0.3) is 5.91 Å². The van der Waals surface area contributed by atoms with Crippen LogP contribution >= 0.6 is 0 Å². The van der Waals surface area contributed by atoms with E-state index in [-0.39, 0.29) is 33.7 Å². The van der Waals surface area contributed by atoms with E-state index in [9.17, 15) is 9.59 Å². The van der Waals surface area contributed by atoms with Gasteiger partial charge in [-0.25, -0.2) is 9.86 Å². The van der Waals surface area contributed by atoms with Crippen molar-refractivity contribution in [3.8, 4) is 0 Å². The largest absolute Gasteiger partial charge is 0.446 e. The number of nitrogens with zero attached hydrogens (tertiary/aromatic N) is 1. The molecular weight excluding hydrogens is 488 g/mol. The highest BCUT2D eigenvalue weighted by Gasteiger charge is 2.68. The van der Waals surface area contributed by atoms with Crippen molar-refractivity contribution in [1.29, 1.82) is 0 Å². The molecule has 2 N–H and O–H groups in total. The number of primary amides is 1. The van der Waals surface area contributed by atoms with Crippen molar-refractivity contribution in [1.82, 2.24) is 5.06 Å². The van der Waals surface area contributed by atoms with Gasteiger partial charge in [-0.2, -0.15) is 0 Å². The Bertz CT molecular complexity index is 1010. The number of carbonyl (C=O) groups excluding carboxylic acids is 2. The molecule has 10 atom stereocenters. The highest BCUT2D eigenvalue weighted by molar-refractivity contribution is 5.82. The van der Waals surface area contributed by atoms with Gasteiger partial charge in [0.1, 0.15) is 6.10 Å². The minimum atomic E-state index is -0.641. The molecule has 0 heterocycles. The smallest absolute Gasteiger partial charge is 0.404 e. The first-order valence-electron chi connectivity index (χ1n) is 15.6. The molecule has 6 heteroatoms. The number of amides is 2. The summed E-state index contributed by atoms with van der Waals surface area (Å²) in [6, 6.07) is 0. The summed E-state index contributed by atoms with van der Waals surface area (Å²) < 4.78 is 5.69.